The number of nitrogens with one attached hydrogen (secondary N) is 1. The van der Waals surface area contributed by atoms with Crippen LogP contribution in [0, 0.1) is 6.92 Å². The van der Waals surface area contributed by atoms with E-state index in [0.29, 0.717) is 23.4 Å². The molecule has 4 rings (SSSR count). The molecule has 0 saturated carbocycles. The Bertz CT molecular complexity index is 1070. The monoisotopic (exact) mass is 408 g/mol. The van der Waals surface area contributed by atoms with Crippen molar-refractivity contribution < 1.29 is 29.0 Å². The molecule has 2 heterocycles. The van der Waals surface area contributed by atoms with E-state index in [1.807, 2.05) is 0 Å². The normalized spacial score (nSPS) is 17.9. The number of benzene rings is 2. The minimum absolute atomic E-state index is 0.0437. The first kappa shape index (κ1) is 19.8. The zero-order chi connectivity index (χ0) is 21.4. The largest absolute Gasteiger partial charge is 0.478 e. The Kier molecular flexibility index (Phi) is 5.09. The molecule has 0 radical (unpaired) electrons. The minimum atomic E-state index is -1.12. The molecule has 8 nitrogen and oxygen atoms in total. The third-order valence-electron chi connectivity index (χ3n) is 5.45. The van der Waals surface area contributed by atoms with Crippen LogP contribution in [-0.2, 0) is 4.74 Å². The number of fused-ring (bicyclic) bond motifs is 1. The van der Waals surface area contributed by atoms with E-state index in [2.05, 4.69) is 5.32 Å². The highest BCUT2D eigenvalue weighted by atomic mass is 16.5. The molecule has 2 aliphatic rings. The SMILES string of the molecule is Cc1c(C(=O)O)cccc1C(=O)Nc1ccc2c(c1)C(=O)N(CC1CCCO1)C2=O. The molecule has 3 amide bonds. The standard InChI is InChI=1S/C22H20N2O6/c1-12-15(5-2-6-16(12)22(28)29)19(25)23-13-7-8-17-18(10-13)21(27)24(20(17)26)11-14-4-3-9-30-14/h2,5-8,10,14H,3-4,9,11H2,1H3,(H,23,25)(H,28,29). The molecule has 2 N–H and O–H groups in total. The fraction of sp³-hybridized carbons (Fsp3) is 0.273. The van der Waals surface area contributed by atoms with Gasteiger partial charge in [-0.15, -0.1) is 0 Å². The van der Waals surface area contributed by atoms with Gasteiger partial charge in [0, 0.05) is 17.9 Å². The molecule has 154 valence electrons. The number of carbonyl (C=O) groups is 4. The third-order valence-corrected chi connectivity index (χ3v) is 5.45. The van der Waals surface area contributed by atoms with Crippen molar-refractivity contribution in [3.63, 3.8) is 0 Å². The third kappa shape index (κ3) is 3.46. The maximum atomic E-state index is 12.7. The lowest BCUT2D eigenvalue weighted by molar-refractivity contribution is 0.0475. The van der Waals surface area contributed by atoms with Crippen molar-refractivity contribution in [1.82, 2.24) is 4.90 Å². The Hall–Kier alpha value is -3.52. The lowest BCUT2D eigenvalue weighted by Crippen LogP contribution is -2.36. The quantitative estimate of drug-likeness (QED) is 0.736. The summed E-state index contributed by atoms with van der Waals surface area (Å²) in [5, 5.41) is 11.9. The van der Waals surface area contributed by atoms with Crippen LogP contribution in [0.1, 0.15) is 59.8 Å². The Morgan fingerprint density at radius 3 is 2.57 bits per heavy atom. The van der Waals surface area contributed by atoms with Gasteiger partial charge in [0.05, 0.1) is 29.3 Å². The molecule has 2 aliphatic heterocycles. The van der Waals surface area contributed by atoms with E-state index in [9.17, 15) is 24.3 Å². The molecule has 1 atom stereocenters. The number of carboxylic acids is 1. The lowest BCUT2D eigenvalue weighted by atomic mass is 10.0. The number of aromatic carboxylic acids is 1. The summed E-state index contributed by atoms with van der Waals surface area (Å²) in [7, 11) is 0. The van der Waals surface area contributed by atoms with E-state index >= 15 is 0 Å². The van der Waals surface area contributed by atoms with Crippen LogP contribution in [0.3, 0.4) is 0 Å². The highest BCUT2D eigenvalue weighted by Gasteiger charge is 2.37. The highest BCUT2D eigenvalue weighted by molar-refractivity contribution is 6.22. The van der Waals surface area contributed by atoms with Crippen LogP contribution in [0.25, 0.3) is 0 Å². The summed E-state index contributed by atoms with van der Waals surface area (Å²) in [5.41, 5.74) is 1.48. The van der Waals surface area contributed by atoms with E-state index in [-0.39, 0.29) is 35.2 Å². The molecule has 2 aromatic rings. The fourth-order valence-corrected chi connectivity index (χ4v) is 3.84. The van der Waals surface area contributed by atoms with E-state index in [1.54, 1.807) is 13.0 Å². The van der Waals surface area contributed by atoms with Crippen LogP contribution >= 0.6 is 0 Å². The number of carbonyl (C=O) groups excluding carboxylic acids is 3. The second kappa shape index (κ2) is 7.72. The Balaban J connectivity index is 1.55. The lowest BCUT2D eigenvalue weighted by Gasteiger charge is -2.17. The van der Waals surface area contributed by atoms with Crippen molar-refractivity contribution >= 4 is 29.4 Å². The van der Waals surface area contributed by atoms with Crippen molar-refractivity contribution in [2.24, 2.45) is 0 Å². The second-order valence-corrected chi connectivity index (χ2v) is 7.35. The second-order valence-electron chi connectivity index (χ2n) is 7.35. The first-order chi connectivity index (χ1) is 14.4. The zero-order valence-corrected chi connectivity index (χ0v) is 16.3. The van der Waals surface area contributed by atoms with Gasteiger partial charge in [-0.2, -0.15) is 0 Å². The van der Waals surface area contributed by atoms with E-state index in [0.717, 1.165) is 12.8 Å². The van der Waals surface area contributed by atoms with Gasteiger partial charge in [-0.25, -0.2) is 4.79 Å². The van der Waals surface area contributed by atoms with Gasteiger partial charge in [-0.1, -0.05) is 6.07 Å². The van der Waals surface area contributed by atoms with E-state index in [1.165, 1.54) is 35.2 Å². The van der Waals surface area contributed by atoms with Crippen molar-refractivity contribution in [2.45, 2.75) is 25.9 Å². The maximum Gasteiger partial charge on any atom is 0.335 e. The molecular weight excluding hydrogens is 388 g/mol. The number of anilines is 1. The summed E-state index contributed by atoms with van der Waals surface area (Å²) in [6.45, 7) is 2.41. The molecule has 2 aromatic carbocycles. The summed E-state index contributed by atoms with van der Waals surface area (Å²) in [4.78, 5) is 50.5. The average Bonchev–Trinajstić information content (AvgIpc) is 3.31. The van der Waals surface area contributed by atoms with Crippen LogP contribution in [0.2, 0.25) is 0 Å². The molecular formula is C22H20N2O6. The van der Waals surface area contributed by atoms with Gasteiger partial charge in [0.15, 0.2) is 0 Å². The van der Waals surface area contributed by atoms with Crippen molar-refractivity contribution in [1.29, 1.82) is 0 Å². The summed E-state index contributed by atoms with van der Waals surface area (Å²) in [6.07, 6.45) is 1.58. The summed E-state index contributed by atoms with van der Waals surface area (Å²) >= 11 is 0. The Labute approximate surface area is 172 Å². The van der Waals surface area contributed by atoms with E-state index < -0.39 is 17.8 Å². The smallest absolute Gasteiger partial charge is 0.335 e. The Morgan fingerprint density at radius 2 is 1.87 bits per heavy atom. The predicted octanol–water partition coefficient (Wildman–Crippen LogP) is 2.72. The van der Waals surface area contributed by atoms with Crippen LogP contribution < -0.4 is 5.32 Å². The Morgan fingerprint density at radius 1 is 1.13 bits per heavy atom. The minimum Gasteiger partial charge on any atom is -0.478 e. The summed E-state index contributed by atoms with van der Waals surface area (Å²) in [5.74, 6) is -2.39. The van der Waals surface area contributed by atoms with Gasteiger partial charge in [0.1, 0.15) is 0 Å². The average molecular weight is 408 g/mol. The van der Waals surface area contributed by atoms with Gasteiger partial charge < -0.3 is 15.2 Å². The molecule has 1 fully saturated rings. The fourth-order valence-electron chi connectivity index (χ4n) is 3.84. The molecule has 0 spiro atoms. The number of amides is 3. The number of ether oxygens (including phenoxy) is 1. The number of hydrogen-bond donors (Lipinski definition) is 2. The van der Waals surface area contributed by atoms with Gasteiger partial charge in [-0.05, 0) is 55.7 Å². The van der Waals surface area contributed by atoms with Gasteiger partial charge >= 0.3 is 5.97 Å². The van der Waals surface area contributed by atoms with Crippen LogP contribution in [-0.4, -0.2) is 53.0 Å². The van der Waals surface area contributed by atoms with Crippen LogP contribution in [0.4, 0.5) is 5.69 Å². The molecule has 1 saturated heterocycles. The maximum absolute atomic E-state index is 12.7. The van der Waals surface area contributed by atoms with Gasteiger partial charge in [0.2, 0.25) is 0 Å². The van der Waals surface area contributed by atoms with Crippen molar-refractivity contribution in [3.05, 3.63) is 64.2 Å². The number of carboxylic acid groups (broad SMARTS) is 1. The number of imide groups is 1. The molecule has 0 bridgehead atoms. The van der Waals surface area contributed by atoms with E-state index in [4.69, 9.17) is 4.74 Å². The summed E-state index contributed by atoms with van der Waals surface area (Å²) in [6, 6.07) is 8.99. The molecule has 30 heavy (non-hydrogen) atoms. The number of nitrogens with zero attached hydrogens (tertiary/aromatic N) is 1. The van der Waals surface area contributed by atoms with Gasteiger partial charge in [0.25, 0.3) is 17.7 Å². The molecule has 8 heteroatoms. The molecule has 1 unspecified atom stereocenters. The first-order valence-electron chi connectivity index (χ1n) is 9.63. The summed E-state index contributed by atoms with van der Waals surface area (Å²) < 4.78 is 5.53. The van der Waals surface area contributed by atoms with Crippen molar-refractivity contribution in [2.75, 3.05) is 18.5 Å². The zero-order valence-electron chi connectivity index (χ0n) is 16.3. The highest BCUT2D eigenvalue weighted by Crippen LogP contribution is 2.28. The topological polar surface area (TPSA) is 113 Å². The number of rotatable bonds is 5. The van der Waals surface area contributed by atoms with Gasteiger partial charge in [-0.3, -0.25) is 19.3 Å². The number of hydrogen-bond acceptors (Lipinski definition) is 5. The molecule has 0 aromatic heterocycles. The van der Waals surface area contributed by atoms with Crippen LogP contribution in [0.5, 0.6) is 0 Å². The van der Waals surface area contributed by atoms with Crippen LogP contribution in [0.15, 0.2) is 36.4 Å². The van der Waals surface area contributed by atoms with Crippen molar-refractivity contribution in [3.8, 4) is 0 Å². The first-order valence-corrected chi connectivity index (χ1v) is 9.63. The molecule has 0 aliphatic carbocycles. The predicted molar refractivity (Wildman–Crippen MR) is 107 cm³/mol.